The first kappa shape index (κ1) is 12.8. The minimum atomic E-state index is 0.00369. The molecule has 0 amide bonds. The molecule has 0 bridgehead atoms. The van der Waals surface area contributed by atoms with Crippen molar-refractivity contribution < 1.29 is 4.79 Å². The Morgan fingerprint density at radius 1 is 1.11 bits per heavy atom. The fraction of sp³-hybridized carbons (Fsp3) is 0.0625. The monoisotopic (exact) mass is 300 g/mol. The van der Waals surface area contributed by atoms with Crippen LogP contribution in [0.1, 0.15) is 21.5 Å². The van der Waals surface area contributed by atoms with Gasteiger partial charge in [0, 0.05) is 10.0 Å². The normalized spacial score (nSPS) is 10.8. The summed E-state index contributed by atoms with van der Waals surface area (Å²) in [5, 5.41) is 0. The number of hydrogen-bond donors (Lipinski definition) is 0. The summed E-state index contributed by atoms with van der Waals surface area (Å²) in [4.78, 5) is 12.0. The van der Waals surface area contributed by atoms with Crippen molar-refractivity contribution in [3.63, 3.8) is 0 Å². The van der Waals surface area contributed by atoms with Crippen molar-refractivity contribution in [3.8, 4) is 0 Å². The van der Waals surface area contributed by atoms with Crippen molar-refractivity contribution in [1.29, 1.82) is 0 Å². The maximum absolute atomic E-state index is 12.0. The van der Waals surface area contributed by atoms with E-state index in [0.29, 0.717) is 5.56 Å². The zero-order valence-electron chi connectivity index (χ0n) is 10.1. The Hall–Kier alpha value is -1.67. The van der Waals surface area contributed by atoms with Crippen LogP contribution >= 0.6 is 15.9 Å². The first-order chi connectivity index (χ1) is 8.66. The molecule has 0 heterocycles. The van der Waals surface area contributed by atoms with Gasteiger partial charge in [-0.25, -0.2) is 0 Å². The van der Waals surface area contributed by atoms with Crippen LogP contribution in [-0.2, 0) is 0 Å². The summed E-state index contributed by atoms with van der Waals surface area (Å²) < 4.78 is 0.823. The molecule has 0 aliphatic carbocycles. The highest BCUT2D eigenvalue weighted by atomic mass is 79.9. The molecule has 2 aromatic rings. The molecule has 18 heavy (non-hydrogen) atoms. The molecule has 0 N–H and O–H groups in total. The number of ketones is 1. The maximum Gasteiger partial charge on any atom is 0.186 e. The van der Waals surface area contributed by atoms with E-state index in [4.69, 9.17) is 0 Å². The topological polar surface area (TPSA) is 17.1 Å². The lowest BCUT2D eigenvalue weighted by Gasteiger charge is -1.99. The van der Waals surface area contributed by atoms with Gasteiger partial charge in [0.25, 0.3) is 0 Å². The first-order valence-electron chi connectivity index (χ1n) is 5.70. The van der Waals surface area contributed by atoms with E-state index in [1.165, 1.54) is 5.56 Å². The van der Waals surface area contributed by atoms with Crippen molar-refractivity contribution in [3.05, 3.63) is 75.8 Å². The molecular formula is C16H13BrO. The fourth-order valence-electron chi connectivity index (χ4n) is 1.70. The third kappa shape index (κ3) is 3.17. The van der Waals surface area contributed by atoms with Gasteiger partial charge in [-0.15, -0.1) is 0 Å². The van der Waals surface area contributed by atoms with Crippen LogP contribution in [-0.4, -0.2) is 5.78 Å². The van der Waals surface area contributed by atoms with Gasteiger partial charge in [0.1, 0.15) is 0 Å². The van der Waals surface area contributed by atoms with Crippen LogP contribution in [0.5, 0.6) is 0 Å². The molecule has 0 atom stereocenters. The highest BCUT2D eigenvalue weighted by Gasteiger charge is 2.05. The molecule has 90 valence electrons. The van der Waals surface area contributed by atoms with Gasteiger partial charge < -0.3 is 0 Å². The second-order valence-electron chi connectivity index (χ2n) is 4.09. The Labute approximate surface area is 115 Å². The third-order valence-corrected chi connectivity index (χ3v) is 3.30. The van der Waals surface area contributed by atoms with Gasteiger partial charge in [0.15, 0.2) is 5.78 Å². The van der Waals surface area contributed by atoms with E-state index in [1.807, 2.05) is 61.5 Å². The van der Waals surface area contributed by atoms with E-state index in [1.54, 1.807) is 6.08 Å². The number of hydrogen-bond acceptors (Lipinski definition) is 1. The standard InChI is InChI=1S/C16H13BrO/c1-12-5-4-6-13(11-12)9-10-16(18)14-7-2-3-8-15(14)17/h2-11H,1H3. The van der Waals surface area contributed by atoms with E-state index in [-0.39, 0.29) is 5.78 Å². The van der Waals surface area contributed by atoms with Crippen molar-refractivity contribution >= 4 is 27.8 Å². The number of aryl methyl sites for hydroxylation is 1. The molecule has 0 saturated heterocycles. The summed E-state index contributed by atoms with van der Waals surface area (Å²) in [6.45, 7) is 2.03. The van der Waals surface area contributed by atoms with Crippen molar-refractivity contribution in [2.45, 2.75) is 6.92 Å². The SMILES string of the molecule is Cc1cccc(C=CC(=O)c2ccccc2Br)c1. The molecule has 0 aliphatic heterocycles. The maximum atomic E-state index is 12.0. The van der Waals surface area contributed by atoms with E-state index in [9.17, 15) is 4.79 Å². The molecule has 1 nitrogen and oxygen atoms in total. The third-order valence-electron chi connectivity index (χ3n) is 2.61. The molecule has 0 aromatic heterocycles. The van der Waals surface area contributed by atoms with Crippen molar-refractivity contribution in [2.75, 3.05) is 0 Å². The Morgan fingerprint density at radius 2 is 1.89 bits per heavy atom. The zero-order chi connectivity index (χ0) is 13.0. The Morgan fingerprint density at radius 3 is 2.61 bits per heavy atom. The summed E-state index contributed by atoms with van der Waals surface area (Å²) in [5.74, 6) is 0.00369. The Bertz CT molecular complexity index is 600. The van der Waals surface area contributed by atoms with Crippen LogP contribution in [0.15, 0.2) is 59.1 Å². The zero-order valence-corrected chi connectivity index (χ0v) is 11.6. The number of halogens is 1. The lowest BCUT2D eigenvalue weighted by Crippen LogP contribution is -1.94. The van der Waals surface area contributed by atoms with Crippen LogP contribution in [0.3, 0.4) is 0 Å². The molecule has 0 radical (unpaired) electrons. The smallest absolute Gasteiger partial charge is 0.186 e. The highest BCUT2D eigenvalue weighted by Crippen LogP contribution is 2.17. The van der Waals surface area contributed by atoms with Gasteiger partial charge in [-0.3, -0.25) is 4.79 Å². The van der Waals surface area contributed by atoms with Crippen molar-refractivity contribution in [2.24, 2.45) is 0 Å². The minimum Gasteiger partial charge on any atom is -0.289 e. The van der Waals surface area contributed by atoms with Crippen LogP contribution in [0.25, 0.3) is 6.08 Å². The molecule has 0 aliphatic rings. The van der Waals surface area contributed by atoms with Gasteiger partial charge in [0.2, 0.25) is 0 Å². The van der Waals surface area contributed by atoms with Gasteiger partial charge in [-0.1, -0.05) is 64.0 Å². The van der Waals surface area contributed by atoms with E-state index < -0.39 is 0 Å². The summed E-state index contributed by atoms with van der Waals surface area (Å²) in [7, 11) is 0. The molecule has 2 aromatic carbocycles. The molecule has 0 unspecified atom stereocenters. The van der Waals surface area contributed by atoms with E-state index in [0.717, 1.165) is 10.0 Å². The average molecular weight is 301 g/mol. The highest BCUT2D eigenvalue weighted by molar-refractivity contribution is 9.10. The number of carbonyl (C=O) groups excluding carboxylic acids is 1. The van der Waals surface area contributed by atoms with Crippen LogP contribution in [0, 0.1) is 6.92 Å². The van der Waals surface area contributed by atoms with Gasteiger partial charge in [-0.05, 0) is 30.7 Å². The summed E-state index contributed by atoms with van der Waals surface area (Å²) in [5.41, 5.74) is 2.90. The Kier molecular flexibility index (Phi) is 4.11. The molecule has 0 fully saturated rings. The predicted molar refractivity (Wildman–Crippen MR) is 78.7 cm³/mol. The Balaban J connectivity index is 2.20. The molecule has 0 spiro atoms. The van der Waals surface area contributed by atoms with Crippen LogP contribution in [0.2, 0.25) is 0 Å². The summed E-state index contributed by atoms with van der Waals surface area (Å²) in [6.07, 6.45) is 3.45. The first-order valence-corrected chi connectivity index (χ1v) is 6.50. The predicted octanol–water partition coefficient (Wildman–Crippen LogP) is 4.65. The number of carbonyl (C=O) groups is 1. The average Bonchev–Trinajstić information content (AvgIpc) is 2.37. The van der Waals surface area contributed by atoms with Crippen LogP contribution in [0.4, 0.5) is 0 Å². The van der Waals surface area contributed by atoms with Gasteiger partial charge in [0.05, 0.1) is 0 Å². The summed E-state index contributed by atoms with van der Waals surface area (Å²) >= 11 is 3.38. The second kappa shape index (κ2) is 5.78. The number of rotatable bonds is 3. The quantitative estimate of drug-likeness (QED) is 0.595. The molecular weight excluding hydrogens is 288 g/mol. The van der Waals surface area contributed by atoms with Crippen LogP contribution < -0.4 is 0 Å². The second-order valence-corrected chi connectivity index (χ2v) is 4.95. The molecule has 2 heteroatoms. The van der Waals surface area contributed by atoms with Gasteiger partial charge in [-0.2, -0.15) is 0 Å². The van der Waals surface area contributed by atoms with E-state index >= 15 is 0 Å². The van der Waals surface area contributed by atoms with Crippen molar-refractivity contribution in [1.82, 2.24) is 0 Å². The fourth-order valence-corrected chi connectivity index (χ4v) is 2.18. The number of benzene rings is 2. The van der Waals surface area contributed by atoms with E-state index in [2.05, 4.69) is 15.9 Å². The molecule has 2 rings (SSSR count). The lowest BCUT2D eigenvalue weighted by molar-refractivity contribution is 0.104. The summed E-state index contributed by atoms with van der Waals surface area (Å²) in [6, 6.07) is 15.5. The minimum absolute atomic E-state index is 0.00369. The molecule has 0 saturated carbocycles. The van der Waals surface area contributed by atoms with Gasteiger partial charge >= 0.3 is 0 Å². The number of allylic oxidation sites excluding steroid dienone is 1. The largest absolute Gasteiger partial charge is 0.289 e. The lowest BCUT2D eigenvalue weighted by atomic mass is 10.1.